The van der Waals surface area contributed by atoms with Gasteiger partial charge in [-0.05, 0) is 31.7 Å². The number of unbranched alkanes of at least 4 members (excludes halogenated alkanes) is 1. The number of nitrogens with one attached hydrogen (secondary N) is 3. The van der Waals surface area contributed by atoms with E-state index in [1.165, 1.54) is 0 Å². The molecule has 0 rings (SSSR count). The molecule has 33 heavy (non-hydrogen) atoms. The first kappa shape index (κ1) is 29.7. The van der Waals surface area contributed by atoms with E-state index in [0.717, 1.165) is 0 Å². The van der Waals surface area contributed by atoms with Gasteiger partial charge in [0.05, 0.1) is 18.9 Å². The van der Waals surface area contributed by atoms with Crippen LogP contribution in [0.4, 0.5) is 0 Å². The molecule has 5 amide bonds. The number of aliphatic carboxylic acids is 1. The van der Waals surface area contributed by atoms with Gasteiger partial charge in [0, 0.05) is 0 Å². The number of hydrogen-bond donors (Lipinski definition) is 8. The predicted octanol–water partition coefficient (Wildman–Crippen LogP) is -3.61. The number of primary amides is 2. The second-order valence-electron chi connectivity index (χ2n) is 7.92. The lowest BCUT2D eigenvalue weighted by Crippen LogP contribution is -2.58. The van der Waals surface area contributed by atoms with Crippen LogP contribution in [0.2, 0.25) is 0 Å². The number of nitrogens with two attached hydrogens (primary N) is 4. The Kier molecular flexibility index (Phi) is 13.3. The Hall–Kier alpha value is -3.26. The van der Waals surface area contributed by atoms with Crippen molar-refractivity contribution in [1.82, 2.24) is 16.0 Å². The lowest BCUT2D eigenvalue weighted by Gasteiger charge is -2.27. The van der Waals surface area contributed by atoms with Crippen LogP contribution in [0.25, 0.3) is 0 Å². The molecule has 0 aliphatic rings. The van der Waals surface area contributed by atoms with Gasteiger partial charge in [0.15, 0.2) is 0 Å². The maximum Gasteiger partial charge on any atom is 0.326 e. The first-order valence-electron chi connectivity index (χ1n) is 10.5. The molecule has 0 heterocycles. The molecule has 0 bridgehead atoms. The standard InChI is InChI=1S/C19H35N7O7/c1-9(2)15(18(31)25-12(19(32)33)8-14(23)28)26-17(30)11(5-3-4-6-20)24-16(29)10(21)7-13(22)27/h9-12,15H,3-8,20-21H2,1-2H3,(H2,22,27)(H2,23,28)(H,24,29)(H,25,31)(H,26,30)(H,32,33). The number of amides is 5. The van der Waals surface area contributed by atoms with E-state index in [2.05, 4.69) is 16.0 Å². The Morgan fingerprint density at radius 1 is 0.788 bits per heavy atom. The van der Waals surface area contributed by atoms with Crippen molar-refractivity contribution in [2.75, 3.05) is 6.54 Å². The summed E-state index contributed by atoms with van der Waals surface area (Å²) in [7, 11) is 0. The van der Waals surface area contributed by atoms with Crippen molar-refractivity contribution in [1.29, 1.82) is 0 Å². The van der Waals surface area contributed by atoms with Crippen molar-refractivity contribution < 1.29 is 33.9 Å². The van der Waals surface area contributed by atoms with Gasteiger partial charge in [0.2, 0.25) is 29.5 Å². The van der Waals surface area contributed by atoms with Gasteiger partial charge in [0.1, 0.15) is 18.1 Å². The SMILES string of the molecule is CC(C)C(NC(=O)C(CCCCN)NC(=O)C(N)CC(N)=O)C(=O)NC(CC(N)=O)C(=O)O. The molecule has 0 aromatic rings. The van der Waals surface area contributed by atoms with E-state index in [1.54, 1.807) is 13.8 Å². The van der Waals surface area contributed by atoms with Crippen LogP contribution >= 0.6 is 0 Å². The van der Waals surface area contributed by atoms with Crippen LogP contribution in [0.1, 0.15) is 46.0 Å². The maximum absolute atomic E-state index is 12.9. The molecular weight excluding hydrogens is 438 g/mol. The average molecular weight is 474 g/mol. The van der Waals surface area contributed by atoms with Crippen LogP contribution < -0.4 is 38.9 Å². The summed E-state index contributed by atoms with van der Waals surface area (Å²) in [5.74, 6) is -6.00. The lowest BCUT2D eigenvalue weighted by molar-refractivity contribution is -0.144. The third kappa shape index (κ3) is 11.8. The van der Waals surface area contributed by atoms with E-state index < -0.39 is 78.4 Å². The van der Waals surface area contributed by atoms with Crippen LogP contribution in [-0.4, -0.2) is 71.3 Å². The van der Waals surface area contributed by atoms with E-state index in [9.17, 15) is 33.9 Å². The summed E-state index contributed by atoms with van der Waals surface area (Å²) in [6.07, 6.45) is 0.155. The van der Waals surface area contributed by atoms with E-state index in [-0.39, 0.29) is 6.42 Å². The number of carbonyl (C=O) groups is 6. The Morgan fingerprint density at radius 3 is 1.79 bits per heavy atom. The highest BCUT2D eigenvalue weighted by Gasteiger charge is 2.32. The van der Waals surface area contributed by atoms with E-state index in [1.807, 2.05) is 0 Å². The van der Waals surface area contributed by atoms with Crippen LogP contribution in [0.5, 0.6) is 0 Å². The molecule has 14 heteroatoms. The molecule has 0 saturated carbocycles. The number of hydrogen-bond acceptors (Lipinski definition) is 8. The fraction of sp³-hybridized carbons (Fsp3) is 0.684. The zero-order valence-electron chi connectivity index (χ0n) is 18.8. The van der Waals surface area contributed by atoms with Gasteiger partial charge in [-0.15, -0.1) is 0 Å². The molecule has 0 saturated heterocycles. The highest BCUT2D eigenvalue weighted by molar-refractivity contribution is 5.95. The first-order valence-corrected chi connectivity index (χ1v) is 10.5. The third-order valence-electron chi connectivity index (χ3n) is 4.60. The number of carboxylic acids is 1. The van der Waals surface area contributed by atoms with Gasteiger partial charge in [-0.2, -0.15) is 0 Å². The molecule has 0 aliphatic heterocycles. The summed E-state index contributed by atoms with van der Waals surface area (Å²) >= 11 is 0. The molecule has 0 fully saturated rings. The zero-order valence-corrected chi connectivity index (χ0v) is 18.8. The zero-order chi connectivity index (χ0) is 25.7. The Bertz CT molecular complexity index is 729. The highest BCUT2D eigenvalue weighted by Crippen LogP contribution is 2.07. The van der Waals surface area contributed by atoms with Crippen molar-refractivity contribution in [2.45, 2.75) is 70.1 Å². The minimum Gasteiger partial charge on any atom is -0.480 e. The van der Waals surface area contributed by atoms with Crippen LogP contribution in [0.15, 0.2) is 0 Å². The first-order chi connectivity index (χ1) is 15.3. The van der Waals surface area contributed by atoms with Crippen LogP contribution in [0, 0.1) is 5.92 Å². The van der Waals surface area contributed by atoms with Crippen molar-refractivity contribution in [3.05, 3.63) is 0 Å². The van der Waals surface area contributed by atoms with Gasteiger partial charge < -0.3 is 44.0 Å². The van der Waals surface area contributed by atoms with Gasteiger partial charge in [-0.1, -0.05) is 13.8 Å². The molecule has 0 aliphatic carbocycles. The molecule has 12 N–H and O–H groups in total. The molecule has 0 aromatic carbocycles. The largest absolute Gasteiger partial charge is 0.480 e. The summed E-state index contributed by atoms with van der Waals surface area (Å²) in [6.45, 7) is 3.58. The number of rotatable bonds is 16. The highest BCUT2D eigenvalue weighted by atomic mass is 16.4. The minimum absolute atomic E-state index is 0.171. The van der Waals surface area contributed by atoms with Crippen molar-refractivity contribution in [2.24, 2.45) is 28.9 Å². The Morgan fingerprint density at radius 2 is 1.33 bits per heavy atom. The molecule has 0 radical (unpaired) electrons. The average Bonchev–Trinajstić information content (AvgIpc) is 2.69. The van der Waals surface area contributed by atoms with Gasteiger partial charge in [-0.25, -0.2) is 4.79 Å². The van der Waals surface area contributed by atoms with Crippen molar-refractivity contribution >= 4 is 35.5 Å². The number of carbonyl (C=O) groups excluding carboxylic acids is 5. The fourth-order valence-corrected chi connectivity index (χ4v) is 2.80. The molecule has 4 atom stereocenters. The summed E-state index contributed by atoms with van der Waals surface area (Å²) in [4.78, 5) is 71.1. The smallest absolute Gasteiger partial charge is 0.326 e. The van der Waals surface area contributed by atoms with Gasteiger partial charge in [-0.3, -0.25) is 24.0 Å². The van der Waals surface area contributed by atoms with E-state index in [4.69, 9.17) is 22.9 Å². The second kappa shape index (κ2) is 14.7. The number of carboxylic acid groups (broad SMARTS) is 1. The van der Waals surface area contributed by atoms with Crippen molar-refractivity contribution in [3.63, 3.8) is 0 Å². The van der Waals surface area contributed by atoms with Crippen LogP contribution in [0.3, 0.4) is 0 Å². The summed E-state index contributed by atoms with van der Waals surface area (Å²) < 4.78 is 0. The second-order valence-corrected chi connectivity index (χ2v) is 7.92. The van der Waals surface area contributed by atoms with E-state index >= 15 is 0 Å². The Labute approximate surface area is 191 Å². The fourth-order valence-electron chi connectivity index (χ4n) is 2.80. The molecule has 0 spiro atoms. The topological polar surface area (TPSA) is 263 Å². The van der Waals surface area contributed by atoms with Crippen LogP contribution in [-0.2, 0) is 28.8 Å². The Balaban J connectivity index is 5.45. The van der Waals surface area contributed by atoms with Crippen molar-refractivity contribution in [3.8, 4) is 0 Å². The lowest BCUT2D eigenvalue weighted by atomic mass is 10.0. The molecule has 0 aromatic heterocycles. The third-order valence-corrected chi connectivity index (χ3v) is 4.60. The predicted molar refractivity (Wildman–Crippen MR) is 117 cm³/mol. The maximum atomic E-state index is 12.9. The monoisotopic (exact) mass is 473 g/mol. The van der Waals surface area contributed by atoms with Gasteiger partial charge >= 0.3 is 5.97 Å². The molecule has 188 valence electrons. The summed E-state index contributed by atoms with van der Waals surface area (Å²) in [5, 5.41) is 16.3. The normalized spacial score (nSPS) is 14.5. The molecular formula is C19H35N7O7. The molecule has 4 unspecified atom stereocenters. The quantitative estimate of drug-likeness (QED) is 0.103. The summed E-state index contributed by atoms with van der Waals surface area (Å²) in [6, 6.07) is -5.11. The van der Waals surface area contributed by atoms with E-state index in [0.29, 0.717) is 19.4 Å². The molecule has 14 nitrogen and oxygen atoms in total. The minimum atomic E-state index is -1.57. The van der Waals surface area contributed by atoms with Gasteiger partial charge in [0.25, 0.3) is 0 Å². The summed E-state index contributed by atoms with van der Waals surface area (Å²) in [5.41, 5.74) is 21.1.